The van der Waals surface area contributed by atoms with E-state index in [0.29, 0.717) is 11.5 Å². The lowest BCUT2D eigenvalue weighted by Crippen LogP contribution is -2.28. The smallest absolute Gasteiger partial charge is 0.261 e. The van der Waals surface area contributed by atoms with Crippen molar-refractivity contribution in [3.8, 4) is 0 Å². The molecule has 1 aromatic heterocycles. The molecule has 3 aromatic rings. The highest BCUT2D eigenvalue weighted by molar-refractivity contribution is 6.23. The molecule has 1 amide bonds. The van der Waals surface area contributed by atoms with E-state index in [1.807, 2.05) is 73.7 Å². The number of aromatic nitrogens is 1. The summed E-state index contributed by atoms with van der Waals surface area (Å²) >= 11 is 0. The van der Waals surface area contributed by atoms with Gasteiger partial charge in [0.1, 0.15) is 11.7 Å². The normalized spacial score (nSPS) is 17.1. The number of fused-ring (bicyclic) bond motifs is 1. The van der Waals surface area contributed by atoms with E-state index in [4.69, 9.17) is 0 Å². The molecule has 1 atom stereocenters. The molecule has 0 saturated carbocycles. The molecule has 0 saturated heterocycles. The molecule has 6 nitrogen and oxygen atoms in total. The Morgan fingerprint density at radius 1 is 1.04 bits per heavy atom. The van der Waals surface area contributed by atoms with E-state index < -0.39 is 5.92 Å². The number of pyridine rings is 1. The Morgan fingerprint density at radius 2 is 1.81 bits per heavy atom. The zero-order valence-corrected chi connectivity index (χ0v) is 14.2. The first-order valence-corrected chi connectivity index (χ1v) is 8.31. The minimum Gasteiger partial charge on any atom is -0.271 e. The Hall–Kier alpha value is -3.54. The molecule has 6 heteroatoms. The van der Waals surface area contributed by atoms with Gasteiger partial charge in [-0.1, -0.05) is 36.4 Å². The quantitative estimate of drug-likeness (QED) is 0.580. The number of para-hydroxylation sites is 2. The molecule has 26 heavy (non-hydrogen) atoms. The van der Waals surface area contributed by atoms with Gasteiger partial charge < -0.3 is 0 Å². The second-order valence-corrected chi connectivity index (χ2v) is 5.98. The van der Waals surface area contributed by atoms with Gasteiger partial charge in [-0.05, 0) is 37.3 Å². The lowest BCUT2D eigenvalue weighted by atomic mass is 10.1. The van der Waals surface area contributed by atoms with Crippen molar-refractivity contribution in [1.29, 1.82) is 0 Å². The fraction of sp³-hybridized carbons (Fsp3) is 0.100. The summed E-state index contributed by atoms with van der Waals surface area (Å²) in [5.41, 5.74) is 5.23. The van der Waals surface area contributed by atoms with Gasteiger partial charge in [-0.15, -0.1) is 0 Å². The minimum absolute atomic E-state index is 0.120. The van der Waals surface area contributed by atoms with Gasteiger partial charge in [0.25, 0.3) is 5.91 Å². The van der Waals surface area contributed by atoms with Crippen molar-refractivity contribution in [2.45, 2.75) is 6.92 Å². The van der Waals surface area contributed by atoms with Crippen LogP contribution in [0.4, 0.5) is 11.5 Å². The van der Waals surface area contributed by atoms with Gasteiger partial charge in [-0.25, -0.2) is 4.98 Å². The third kappa shape index (κ3) is 3.04. The second kappa shape index (κ2) is 6.76. The number of carbonyl (C=O) groups excluding carboxylic acids is 1. The van der Waals surface area contributed by atoms with Crippen molar-refractivity contribution in [2.75, 3.05) is 10.4 Å². The van der Waals surface area contributed by atoms with E-state index in [1.54, 1.807) is 6.21 Å². The van der Waals surface area contributed by atoms with Crippen LogP contribution < -0.4 is 10.4 Å². The summed E-state index contributed by atoms with van der Waals surface area (Å²) in [7, 11) is 0. The topological polar surface area (TPSA) is 70.0 Å². The van der Waals surface area contributed by atoms with Gasteiger partial charge >= 0.3 is 0 Å². The third-order valence-electron chi connectivity index (χ3n) is 4.18. The highest BCUT2D eigenvalue weighted by Gasteiger charge is 2.33. The van der Waals surface area contributed by atoms with Crippen molar-refractivity contribution in [1.82, 2.24) is 4.98 Å². The lowest BCUT2D eigenvalue weighted by molar-refractivity contribution is -0.118. The zero-order valence-electron chi connectivity index (χ0n) is 14.2. The van der Waals surface area contributed by atoms with Crippen LogP contribution >= 0.6 is 0 Å². The van der Waals surface area contributed by atoms with Crippen LogP contribution in [0.15, 0.2) is 76.9 Å². The molecule has 4 rings (SSSR count). The number of hydrogen-bond donors (Lipinski definition) is 1. The fourth-order valence-corrected chi connectivity index (χ4v) is 2.81. The van der Waals surface area contributed by atoms with Gasteiger partial charge in [0.05, 0.1) is 16.9 Å². The Bertz CT molecular complexity index is 1010. The number of hydrazone groups is 2. The molecular weight excluding hydrogens is 326 g/mol. The summed E-state index contributed by atoms with van der Waals surface area (Å²) in [4.78, 5) is 17.1. The third-order valence-corrected chi connectivity index (χ3v) is 4.18. The number of rotatable bonds is 4. The van der Waals surface area contributed by atoms with Crippen molar-refractivity contribution in [2.24, 2.45) is 16.1 Å². The van der Waals surface area contributed by atoms with Gasteiger partial charge in [0, 0.05) is 11.6 Å². The highest BCUT2D eigenvalue weighted by Crippen LogP contribution is 2.22. The molecule has 2 heterocycles. The molecule has 0 unspecified atom stereocenters. The van der Waals surface area contributed by atoms with Crippen LogP contribution in [0.25, 0.3) is 10.9 Å². The van der Waals surface area contributed by atoms with E-state index in [1.165, 1.54) is 5.01 Å². The maximum Gasteiger partial charge on any atom is 0.261 e. The van der Waals surface area contributed by atoms with Gasteiger partial charge in [-0.2, -0.15) is 15.2 Å². The molecule has 0 spiro atoms. The Kier molecular flexibility index (Phi) is 4.15. The number of carbonyl (C=O) groups is 1. The molecule has 1 aliphatic heterocycles. The van der Waals surface area contributed by atoms with Crippen LogP contribution in [-0.2, 0) is 4.79 Å². The molecule has 0 radical (unpaired) electrons. The van der Waals surface area contributed by atoms with Gasteiger partial charge in [0.15, 0.2) is 0 Å². The van der Waals surface area contributed by atoms with Crippen LogP contribution in [0, 0.1) is 5.92 Å². The van der Waals surface area contributed by atoms with E-state index in [9.17, 15) is 4.79 Å². The molecule has 0 bridgehead atoms. The molecule has 0 fully saturated rings. The molecule has 1 aliphatic rings. The van der Waals surface area contributed by atoms with Crippen LogP contribution in [0.3, 0.4) is 0 Å². The Labute approximate surface area is 150 Å². The average Bonchev–Trinajstić information content (AvgIpc) is 2.97. The Morgan fingerprint density at radius 3 is 2.65 bits per heavy atom. The van der Waals surface area contributed by atoms with Crippen molar-refractivity contribution < 1.29 is 4.79 Å². The van der Waals surface area contributed by atoms with Crippen molar-refractivity contribution in [3.05, 3.63) is 66.7 Å². The molecule has 2 aromatic carbocycles. The predicted molar refractivity (Wildman–Crippen MR) is 104 cm³/mol. The monoisotopic (exact) mass is 343 g/mol. The fourth-order valence-electron chi connectivity index (χ4n) is 2.81. The molecule has 128 valence electrons. The lowest BCUT2D eigenvalue weighted by Gasteiger charge is -2.12. The largest absolute Gasteiger partial charge is 0.271 e. The SMILES string of the molecule is CC1=NN(c2ccccc2)C(=O)[C@H]1/C=N\Nc1ccc2ccccc2n1. The summed E-state index contributed by atoms with van der Waals surface area (Å²) in [6, 6.07) is 21.1. The highest BCUT2D eigenvalue weighted by atomic mass is 16.2. The summed E-state index contributed by atoms with van der Waals surface area (Å²) in [6.45, 7) is 1.83. The number of nitrogens with zero attached hydrogens (tertiary/aromatic N) is 4. The first-order chi connectivity index (χ1) is 12.7. The van der Waals surface area contributed by atoms with Crippen molar-refractivity contribution in [3.63, 3.8) is 0 Å². The first kappa shape index (κ1) is 16.0. The van der Waals surface area contributed by atoms with Crippen LogP contribution in [0.1, 0.15) is 6.92 Å². The maximum absolute atomic E-state index is 12.6. The predicted octanol–water partition coefficient (Wildman–Crippen LogP) is 3.67. The molecular formula is C20H17N5O. The summed E-state index contributed by atoms with van der Waals surface area (Å²) in [5.74, 6) is 0.0220. The van der Waals surface area contributed by atoms with Gasteiger partial charge in [0.2, 0.25) is 0 Å². The summed E-state index contributed by atoms with van der Waals surface area (Å²) in [5, 5.41) is 11.0. The van der Waals surface area contributed by atoms with E-state index in [-0.39, 0.29) is 5.91 Å². The summed E-state index contributed by atoms with van der Waals surface area (Å²) in [6.07, 6.45) is 1.57. The Balaban J connectivity index is 1.48. The van der Waals surface area contributed by atoms with Gasteiger partial charge in [-0.3, -0.25) is 10.2 Å². The van der Waals surface area contributed by atoms with Crippen LogP contribution in [0.5, 0.6) is 0 Å². The average molecular weight is 343 g/mol. The number of amides is 1. The summed E-state index contributed by atoms with van der Waals surface area (Å²) < 4.78 is 0. The number of nitrogens with one attached hydrogen (secondary N) is 1. The number of anilines is 2. The number of hydrogen-bond acceptors (Lipinski definition) is 5. The van der Waals surface area contributed by atoms with Crippen LogP contribution in [0.2, 0.25) is 0 Å². The van der Waals surface area contributed by atoms with Crippen molar-refractivity contribution >= 4 is 40.2 Å². The van der Waals surface area contributed by atoms with E-state index >= 15 is 0 Å². The zero-order chi connectivity index (χ0) is 17.9. The minimum atomic E-state index is -0.483. The molecule has 0 aliphatic carbocycles. The molecule has 1 N–H and O–H groups in total. The maximum atomic E-state index is 12.6. The van der Waals surface area contributed by atoms with E-state index in [0.717, 1.165) is 16.6 Å². The number of benzene rings is 2. The standard InChI is InChI=1S/C20H17N5O/c1-14-17(20(26)25(24-14)16-8-3-2-4-9-16)13-21-23-19-12-11-15-7-5-6-10-18(15)22-19/h2-13,17H,1H3,(H,22,23)/b21-13-/t17-/m0/s1. The first-order valence-electron chi connectivity index (χ1n) is 8.31. The second-order valence-electron chi connectivity index (χ2n) is 5.98. The van der Waals surface area contributed by atoms with E-state index in [2.05, 4.69) is 20.6 Å². The van der Waals surface area contributed by atoms with Crippen LogP contribution in [-0.4, -0.2) is 22.8 Å².